The van der Waals surface area contributed by atoms with Crippen molar-refractivity contribution in [1.82, 2.24) is 19.6 Å². The Kier molecular flexibility index (Phi) is 8.14. The van der Waals surface area contributed by atoms with Crippen LogP contribution in [0, 0.1) is 5.92 Å². The van der Waals surface area contributed by atoms with Gasteiger partial charge in [0.25, 0.3) is 0 Å². The molecular formula is C27H35F3N6O2S. The van der Waals surface area contributed by atoms with Gasteiger partial charge in [-0.15, -0.1) is 5.10 Å². The van der Waals surface area contributed by atoms with E-state index in [0.717, 1.165) is 38.5 Å². The molecular weight excluding hydrogens is 529 g/mol. The number of aromatic nitrogens is 2. The predicted octanol–water partition coefficient (Wildman–Crippen LogP) is 5.11. The van der Waals surface area contributed by atoms with Gasteiger partial charge in [0.05, 0.1) is 5.56 Å². The van der Waals surface area contributed by atoms with Gasteiger partial charge in [0.2, 0.25) is 0 Å². The Hall–Kier alpha value is -2.73. The molecule has 3 fully saturated rings. The molecule has 1 aromatic carbocycles. The van der Waals surface area contributed by atoms with Gasteiger partial charge >= 0.3 is 12.2 Å². The fourth-order valence-corrected chi connectivity index (χ4v) is 6.60. The number of carbonyl (C=O) groups excluding carboxylic acids is 2. The number of likely N-dealkylation sites (tertiary alicyclic amines) is 2. The third-order valence-electron chi connectivity index (χ3n) is 8.47. The highest BCUT2D eigenvalue weighted by molar-refractivity contribution is 7.99. The van der Waals surface area contributed by atoms with E-state index in [0.29, 0.717) is 62.6 Å². The molecule has 3 aliphatic rings. The lowest BCUT2D eigenvalue weighted by atomic mass is 9.84. The summed E-state index contributed by atoms with van der Waals surface area (Å²) in [4.78, 5) is 30.2. The summed E-state index contributed by atoms with van der Waals surface area (Å²) >= 11 is 1.41. The highest BCUT2D eigenvalue weighted by Crippen LogP contribution is 2.41. The van der Waals surface area contributed by atoms with Crippen molar-refractivity contribution in [2.75, 3.05) is 48.6 Å². The number of aldehydes is 1. The maximum atomic E-state index is 13.9. The molecule has 5 rings (SSSR count). The van der Waals surface area contributed by atoms with E-state index in [-0.39, 0.29) is 17.5 Å². The minimum absolute atomic E-state index is 0.0175. The maximum Gasteiger partial charge on any atom is 0.416 e. The summed E-state index contributed by atoms with van der Waals surface area (Å²) in [6.45, 7) is 3.59. The van der Waals surface area contributed by atoms with E-state index in [4.69, 9.17) is 0 Å². The zero-order chi connectivity index (χ0) is 27.6. The van der Waals surface area contributed by atoms with Crippen molar-refractivity contribution in [3.63, 3.8) is 0 Å². The van der Waals surface area contributed by atoms with Crippen LogP contribution in [0.4, 0.5) is 29.5 Å². The smallest absolute Gasteiger partial charge is 0.371 e. The van der Waals surface area contributed by atoms with E-state index in [1.54, 1.807) is 12.3 Å². The number of anilines is 2. The number of carbonyl (C=O) groups is 2. The number of piperidine rings is 2. The quantitative estimate of drug-likeness (QED) is 0.386. The van der Waals surface area contributed by atoms with Gasteiger partial charge in [0.1, 0.15) is 6.29 Å². The van der Waals surface area contributed by atoms with Crippen LogP contribution < -0.4 is 9.62 Å². The third-order valence-corrected chi connectivity index (χ3v) is 8.89. The second-order valence-corrected chi connectivity index (χ2v) is 11.4. The van der Waals surface area contributed by atoms with Crippen LogP contribution in [-0.4, -0.2) is 76.4 Å². The molecule has 1 N–H and O–H groups in total. The minimum Gasteiger partial charge on any atom is -0.371 e. The molecule has 0 atom stereocenters. The molecule has 8 nitrogen and oxygen atoms in total. The Morgan fingerprint density at radius 1 is 1.13 bits per heavy atom. The zero-order valence-corrected chi connectivity index (χ0v) is 22.9. The lowest BCUT2D eigenvalue weighted by Crippen LogP contribution is -2.53. The highest BCUT2D eigenvalue weighted by atomic mass is 32.2. The van der Waals surface area contributed by atoms with Crippen molar-refractivity contribution in [2.24, 2.45) is 5.92 Å². The van der Waals surface area contributed by atoms with Gasteiger partial charge in [-0.25, -0.2) is 4.79 Å². The molecule has 3 saturated heterocycles. The van der Waals surface area contributed by atoms with Crippen LogP contribution in [-0.2, 0) is 17.5 Å². The molecule has 1 amide bonds. The number of rotatable bonds is 6. The van der Waals surface area contributed by atoms with Crippen molar-refractivity contribution >= 4 is 35.8 Å². The molecule has 1 spiro atoms. The monoisotopic (exact) mass is 564 g/mol. The molecule has 212 valence electrons. The first-order valence-corrected chi connectivity index (χ1v) is 14.7. The Morgan fingerprint density at radius 2 is 1.87 bits per heavy atom. The van der Waals surface area contributed by atoms with Crippen LogP contribution in [0.25, 0.3) is 0 Å². The second kappa shape index (κ2) is 11.4. The third kappa shape index (κ3) is 6.06. The Bertz CT molecular complexity index is 1170. The summed E-state index contributed by atoms with van der Waals surface area (Å²) in [7, 11) is 0. The van der Waals surface area contributed by atoms with Crippen molar-refractivity contribution in [1.29, 1.82) is 0 Å². The number of halogens is 3. The molecule has 3 aliphatic heterocycles. The van der Waals surface area contributed by atoms with Gasteiger partial charge < -0.3 is 19.3 Å². The SMILES string of the molecule is CSNc1ccn(C(=O)N2CCC3(CCCN3Cc3cc(N4CCC(C=O)CC4)cc(C(F)(F)F)c3)CC2)n1. The van der Waals surface area contributed by atoms with E-state index >= 15 is 0 Å². The number of hydrogen-bond acceptors (Lipinski definition) is 7. The van der Waals surface area contributed by atoms with Crippen LogP contribution in [0.2, 0.25) is 0 Å². The lowest BCUT2D eigenvalue weighted by molar-refractivity contribution is -0.137. The van der Waals surface area contributed by atoms with Gasteiger partial charge in [0, 0.05) is 68.4 Å². The molecule has 12 heteroatoms. The lowest BCUT2D eigenvalue weighted by Gasteiger charge is -2.45. The van der Waals surface area contributed by atoms with Gasteiger partial charge in [-0.05, 0) is 68.8 Å². The number of benzene rings is 1. The first-order chi connectivity index (χ1) is 18.7. The highest BCUT2D eigenvalue weighted by Gasteiger charge is 2.44. The number of hydrogen-bond donors (Lipinski definition) is 1. The first kappa shape index (κ1) is 27.8. The first-order valence-electron chi connectivity index (χ1n) is 13.5. The average Bonchev–Trinajstić information content (AvgIpc) is 3.55. The van der Waals surface area contributed by atoms with Gasteiger partial charge in [-0.2, -0.15) is 17.9 Å². The summed E-state index contributed by atoms with van der Waals surface area (Å²) in [5, 5.41) is 4.29. The maximum absolute atomic E-state index is 13.9. The Labute approximate surface area is 231 Å². The van der Waals surface area contributed by atoms with Crippen molar-refractivity contribution in [3.8, 4) is 0 Å². The van der Waals surface area contributed by atoms with Gasteiger partial charge in [0.15, 0.2) is 5.82 Å². The molecule has 4 heterocycles. The van der Waals surface area contributed by atoms with Crippen LogP contribution in [0.3, 0.4) is 0 Å². The number of nitrogens with one attached hydrogen (secondary N) is 1. The van der Waals surface area contributed by atoms with E-state index in [1.165, 1.54) is 28.8 Å². The topological polar surface area (TPSA) is 73.7 Å². The molecule has 0 aliphatic carbocycles. The van der Waals surface area contributed by atoms with E-state index in [2.05, 4.69) is 14.7 Å². The van der Waals surface area contributed by atoms with Crippen LogP contribution in [0.15, 0.2) is 30.5 Å². The average molecular weight is 565 g/mol. The molecule has 1 aromatic heterocycles. The van der Waals surface area contributed by atoms with Crippen molar-refractivity contribution in [3.05, 3.63) is 41.6 Å². The molecule has 0 saturated carbocycles. The molecule has 39 heavy (non-hydrogen) atoms. The van der Waals surface area contributed by atoms with E-state index in [1.807, 2.05) is 22.1 Å². The Morgan fingerprint density at radius 3 is 2.54 bits per heavy atom. The van der Waals surface area contributed by atoms with Crippen molar-refractivity contribution in [2.45, 2.75) is 56.8 Å². The summed E-state index contributed by atoms with van der Waals surface area (Å²) in [5.74, 6) is 0.607. The summed E-state index contributed by atoms with van der Waals surface area (Å²) in [6.07, 6.45) is 4.90. The largest absolute Gasteiger partial charge is 0.416 e. The zero-order valence-electron chi connectivity index (χ0n) is 22.1. The number of alkyl halides is 3. The fraction of sp³-hybridized carbons (Fsp3) is 0.593. The van der Waals surface area contributed by atoms with Gasteiger partial charge in [-0.1, -0.05) is 11.9 Å². The van der Waals surface area contributed by atoms with E-state index < -0.39 is 11.7 Å². The summed E-state index contributed by atoms with van der Waals surface area (Å²) < 4.78 is 46.0. The van der Waals surface area contributed by atoms with E-state index in [9.17, 15) is 22.8 Å². The fourth-order valence-electron chi connectivity index (χ4n) is 6.28. The normalized spacial score (nSPS) is 20.5. The van der Waals surface area contributed by atoms with Crippen LogP contribution in [0.5, 0.6) is 0 Å². The summed E-state index contributed by atoms with van der Waals surface area (Å²) in [5.41, 5.74) is 0.481. The minimum atomic E-state index is -4.43. The van der Waals surface area contributed by atoms with Crippen molar-refractivity contribution < 1.29 is 22.8 Å². The molecule has 2 aromatic rings. The van der Waals surface area contributed by atoms with Crippen LogP contribution >= 0.6 is 11.9 Å². The van der Waals surface area contributed by atoms with Crippen LogP contribution in [0.1, 0.15) is 49.7 Å². The molecule has 0 unspecified atom stereocenters. The molecule has 0 bridgehead atoms. The Balaban J connectivity index is 1.29. The second-order valence-electron chi connectivity index (χ2n) is 10.8. The molecule has 0 radical (unpaired) electrons. The van der Waals surface area contributed by atoms with Gasteiger partial charge in [-0.3, -0.25) is 4.90 Å². The number of nitrogens with zero attached hydrogens (tertiary/aromatic N) is 5. The predicted molar refractivity (Wildman–Crippen MR) is 146 cm³/mol. The standard InChI is InChI=1S/C27H35F3N6O2S/c1-39-32-24-5-12-36(31-24)25(38)34-13-7-26(8-14-34)6-2-9-35(26)18-21-15-22(27(28,29)30)17-23(16-21)33-10-3-20(19-37)4-11-33/h5,12,15-17,19-20H,2-4,6-11,13-14,18H2,1H3,(H,31,32). The summed E-state index contributed by atoms with van der Waals surface area (Å²) in [6, 6.07) is 6.00. The number of amides is 1.